The van der Waals surface area contributed by atoms with Crippen LogP contribution in [0.15, 0.2) is 36.8 Å². The van der Waals surface area contributed by atoms with E-state index in [4.69, 9.17) is 14.6 Å². The first kappa shape index (κ1) is 18.2. The molecule has 12 heteroatoms. The summed E-state index contributed by atoms with van der Waals surface area (Å²) >= 11 is 0. The molecule has 2 aromatic rings. The van der Waals surface area contributed by atoms with Crippen LogP contribution in [0, 0.1) is 10.1 Å². The van der Waals surface area contributed by atoms with Crippen molar-refractivity contribution < 1.29 is 28.7 Å². The van der Waals surface area contributed by atoms with Gasteiger partial charge in [-0.15, -0.1) is 0 Å². The Morgan fingerprint density at radius 2 is 2.17 bits per heavy atom. The van der Waals surface area contributed by atoms with Gasteiger partial charge in [-0.05, 0) is 12.2 Å². The number of aromatic amines is 1. The molecule has 0 aliphatic rings. The predicted molar refractivity (Wildman–Crippen MR) is 79.9 cm³/mol. The highest BCUT2D eigenvalue weighted by Crippen LogP contribution is 2.41. The first-order chi connectivity index (χ1) is 11.3. The first-order valence-corrected chi connectivity index (χ1v) is 8.19. The monoisotopic (exact) mass is 358 g/mol. The van der Waals surface area contributed by atoms with Gasteiger partial charge in [0.1, 0.15) is 6.61 Å². The SMILES string of the molecule is CC(c1ccccc1[N+](=O)[O-])N(OCc1cnc[nH]1)OP(=O)(O)O. The van der Waals surface area contributed by atoms with Gasteiger partial charge in [0.25, 0.3) is 5.69 Å². The minimum Gasteiger partial charge on any atom is -0.347 e. The Balaban J connectivity index is 2.25. The molecule has 11 nitrogen and oxygen atoms in total. The number of nitro groups is 1. The van der Waals surface area contributed by atoms with E-state index in [1.807, 2.05) is 0 Å². The van der Waals surface area contributed by atoms with Crippen molar-refractivity contribution in [2.75, 3.05) is 0 Å². The molecule has 0 radical (unpaired) electrons. The van der Waals surface area contributed by atoms with Crippen LogP contribution in [0.4, 0.5) is 5.69 Å². The van der Waals surface area contributed by atoms with Gasteiger partial charge < -0.3 is 14.8 Å². The van der Waals surface area contributed by atoms with Crippen molar-refractivity contribution in [2.45, 2.75) is 19.6 Å². The number of imidazole rings is 1. The van der Waals surface area contributed by atoms with Crippen LogP contribution in [0.25, 0.3) is 0 Å². The Kier molecular flexibility index (Phi) is 5.78. The van der Waals surface area contributed by atoms with Crippen LogP contribution in [0.1, 0.15) is 24.2 Å². The van der Waals surface area contributed by atoms with Gasteiger partial charge in [0.05, 0.1) is 34.7 Å². The van der Waals surface area contributed by atoms with Gasteiger partial charge in [0.15, 0.2) is 0 Å². The number of aromatic nitrogens is 2. The molecule has 1 atom stereocenters. The number of benzene rings is 1. The van der Waals surface area contributed by atoms with E-state index >= 15 is 0 Å². The minimum absolute atomic E-state index is 0.134. The molecule has 24 heavy (non-hydrogen) atoms. The minimum atomic E-state index is -4.94. The fourth-order valence-corrected chi connectivity index (χ4v) is 2.33. The molecular formula is C12H15N4O7P. The summed E-state index contributed by atoms with van der Waals surface area (Å²) in [6.45, 7) is 1.32. The molecule has 1 heterocycles. The highest BCUT2D eigenvalue weighted by atomic mass is 31.2. The van der Waals surface area contributed by atoms with Crippen molar-refractivity contribution >= 4 is 13.5 Å². The second-order valence-electron chi connectivity index (χ2n) is 4.70. The summed E-state index contributed by atoms with van der Waals surface area (Å²) in [7, 11) is -4.94. The zero-order chi connectivity index (χ0) is 17.7. The number of hydrogen-bond acceptors (Lipinski definition) is 7. The fraction of sp³-hybridized carbons (Fsp3) is 0.250. The second kappa shape index (κ2) is 7.62. The first-order valence-electron chi connectivity index (χ1n) is 6.66. The van der Waals surface area contributed by atoms with Gasteiger partial charge in [-0.3, -0.25) is 15.0 Å². The van der Waals surface area contributed by atoms with Crippen molar-refractivity contribution in [3.8, 4) is 0 Å². The number of nitro benzene ring substituents is 1. The van der Waals surface area contributed by atoms with Crippen LogP contribution in [-0.2, 0) is 20.6 Å². The van der Waals surface area contributed by atoms with E-state index in [-0.39, 0.29) is 17.9 Å². The van der Waals surface area contributed by atoms with Gasteiger partial charge in [0.2, 0.25) is 0 Å². The van der Waals surface area contributed by atoms with Crippen molar-refractivity contribution in [3.05, 3.63) is 58.2 Å². The summed E-state index contributed by atoms with van der Waals surface area (Å²) in [5.74, 6) is 0. The topological polar surface area (TPSA) is 151 Å². The van der Waals surface area contributed by atoms with Crippen LogP contribution in [0.3, 0.4) is 0 Å². The lowest BCUT2D eigenvalue weighted by molar-refractivity contribution is -0.389. The Hall–Kier alpha value is -2.14. The van der Waals surface area contributed by atoms with Crippen molar-refractivity contribution in [1.82, 2.24) is 15.2 Å². The van der Waals surface area contributed by atoms with Gasteiger partial charge in [-0.25, -0.2) is 9.55 Å². The van der Waals surface area contributed by atoms with Gasteiger partial charge in [0, 0.05) is 6.07 Å². The average molecular weight is 358 g/mol. The summed E-state index contributed by atoms with van der Waals surface area (Å²) in [6, 6.07) is 4.79. The molecule has 0 amide bonds. The summed E-state index contributed by atoms with van der Waals surface area (Å²) in [4.78, 5) is 40.3. The molecule has 0 bridgehead atoms. The number of H-pyrrole nitrogens is 1. The standard InChI is InChI=1S/C12H15N4O7P/c1-9(11-4-2-3-5-12(11)15(17)18)16(23-24(19,20)21)22-7-10-6-13-8-14-10/h2-6,8-9H,7H2,1H3,(H,13,14)(H2,19,20,21). The molecule has 0 fully saturated rings. The maximum Gasteiger partial charge on any atom is 0.488 e. The number of para-hydroxylation sites is 1. The number of nitrogens with one attached hydrogen (secondary N) is 1. The molecule has 0 saturated heterocycles. The summed E-state index contributed by atoms with van der Waals surface area (Å²) < 4.78 is 15.7. The van der Waals surface area contributed by atoms with Crippen LogP contribution in [0.5, 0.6) is 0 Å². The molecule has 0 spiro atoms. The van der Waals surface area contributed by atoms with E-state index in [2.05, 4.69) is 14.6 Å². The Morgan fingerprint density at radius 3 is 2.75 bits per heavy atom. The van der Waals surface area contributed by atoms with E-state index in [0.717, 1.165) is 0 Å². The van der Waals surface area contributed by atoms with E-state index < -0.39 is 18.8 Å². The van der Waals surface area contributed by atoms with Crippen molar-refractivity contribution in [1.29, 1.82) is 0 Å². The van der Waals surface area contributed by atoms with E-state index in [9.17, 15) is 14.7 Å². The molecule has 0 aliphatic carbocycles. The van der Waals surface area contributed by atoms with Crippen molar-refractivity contribution in [3.63, 3.8) is 0 Å². The predicted octanol–water partition coefficient (Wildman–Crippen LogP) is 1.84. The highest BCUT2D eigenvalue weighted by Gasteiger charge is 2.30. The zero-order valence-electron chi connectivity index (χ0n) is 12.5. The number of hydrogen-bond donors (Lipinski definition) is 3. The molecule has 3 N–H and O–H groups in total. The molecular weight excluding hydrogens is 343 g/mol. The van der Waals surface area contributed by atoms with Crippen LogP contribution in [0.2, 0.25) is 0 Å². The lowest BCUT2D eigenvalue weighted by Crippen LogP contribution is -2.27. The van der Waals surface area contributed by atoms with Gasteiger partial charge in [-0.1, -0.05) is 18.2 Å². The maximum absolute atomic E-state index is 11.2. The third-order valence-corrected chi connectivity index (χ3v) is 3.36. The average Bonchev–Trinajstić information content (AvgIpc) is 3.03. The third kappa shape index (κ3) is 4.93. The third-order valence-electron chi connectivity index (χ3n) is 2.99. The van der Waals surface area contributed by atoms with E-state index in [1.165, 1.54) is 37.6 Å². The second-order valence-corrected chi connectivity index (χ2v) is 5.84. The number of rotatable bonds is 8. The maximum atomic E-state index is 11.2. The fourth-order valence-electron chi connectivity index (χ4n) is 1.93. The quantitative estimate of drug-likeness (QED) is 0.364. The lowest BCUT2D eigenvalue weighted by atomic mass is 10.1. The summed E-state index contributed by atoms with van der Waals surface area (Å²) in [5, 5.41) is 11.7. The molecule has 0 saturated carbocycles. The smallest absolute Gasteiger partial charge is 0.347 e. The van der Waals surface area contributed by atoms with Crippen LogP contribution in [-0.4, -0.2) is 29.9 Å². The largest absolute Gasteiger partial charge is 0.488 e. The zero-order valence-corrected chi connectivity index (χ0v) is 13.4. The molecule has 0 aliphatic heterocycles. The number of nitrogens with zero attached hydrogens (tertiary/aromatic N) is 3. The summed E-state index contributed by atoms with van der Waals surface area (Å²) in [5.41, 5.74) is 0.457. The molecule has 130 valence electrons. The Labute approximate surface area is 136 Å². The molecule has 1 aromatic carbocycles. The van der Waals surface area contributed by atoms with E-state index in [0.29, 0.717) is 10.9 Å². The van der Waals surface area contributed by atoms with Crippen LogP contribution >= 0.6 is 7.82 Å². The molecule has 1 unspecified atom stereocenters. The van der Waals surface area contributed by atoms with E-state index in [1.54, 1.807) is 6.07 Å². The normalized spacial score (nSPS) is 13.2. The molecule has 2 rings (SSSR count). The van der Waals surface area contributed by atoms with Crippen LogP contribution < -0.4 is 0 Å². The Bertz CT molecular complexity index is 733. The summed E-state index contributed by atoms with van der Waals surface area (Å²) in [6.07, 6.45) is 2.85. The van der Waals surface area contributed by atoms with Crippen molar-refractivity contribution in [2.24, 2.45) is 0 Å². The Morgan fingerprint density at radius 1 is 1.46 bits per heavy atom. The molecule has 1 aromatic heterocycles. The number of hydroxylamine groups is 2. The van der Waals surface area contributed by atoms with Gasteiger partial charge in [-0.2, -0.15) is 4.62 Å². The lowest BCUT2D eigenvalue weighted by Gasteiger charge is -2.26. The highest BCUT2D eigenvalue weighted by molar-refractivity contribution is 7.46. The van der Waals surface area contributed by atoms with Gasteiger partial charge >= 0.3 is 7.82 Å². The number of phosphoric acid groups is 1.